The summed E-state index contributed by atoms with van der Waals surface area (Å²) in [5.41, 5.74) is 0.229. The van der Waals surface area contributed by atoms with Crippen molar-refractivity contribution in [3.05, 3.63) is 17.2 Å². The molecule has 0 fully saturated rings. The van der Waals surface area contributed by atoms with Crippen LogP contribution in [0.15, 0.2) is 4.99 Å². The maximum Gasteiger partial charge on any atom is 0.274 e. The van der Waals surface area contributed by atoms with Gasteiger partial charge in [0.05, 0.1) is 12.2 Å². The number of aromatic nitrogens is 2. The Bertz CT molecular complexity index is 424. The van der Waals surface area contributed by atoms with Crippen molar-refractivity contribution in [2.45, 2.75) is 19.5 Å². The third-order valence-electron chi connectivity index (χ3n) is 2.28. The lowest BCUT2D eigenvalue weighted by Crippen LogP contribution is -2.19. The minimum absolute atomic E-state index is 0.149. The van der Waals surface area contributed by atoms with Gasteiger partial charge in [-0.1, -0.05) is 0 Å². The van der Waals surface area contributed by atoms with Gasteiger partial charge in [0, 0.05) is 26.2 Å². The molecule has 0 aromatic carbocycles. The van der Waals surface area contributed by atoms with E-state index in [0.717, 1.165) is 0 Å². The van der Waals surface area contributed by atoms with Crippen LogP contribution >= 0.6 is 0 Å². The highest BCUT2D eigenvalue weighted by atomic mass is 19.1. The number of aryl methyl sites for hydroxylation is 1. The van der Waals surface area contributed by atoms with Crippen molar-refractivity contribution in [2.24, 2.45) is 4.99 Å². The molecular weight excluding hydrogens is 199 g/mol. The van der Waals surface area contributed by atoms with Crippen LogP contribution in [0.5, 0.6) is 0 Å². The van der Waals surface area contributed by atoms with Crippen LogP contribution < -0.4 is 5.32 Å². The van der Waals surface area contributed by atoms with Gasteiger partial charge in [-0.15, -0.1) is 0 Å². The summed E-state index contributed by atoms with van der Waals surface area (Å²) in [7, 11) is 1.45. The largest absolute Gasteiger partial charge is 0.354 e. The smallest absolute Gasteiger partial charge is 0.274 e. The number of fused-ring (bicyclic) bond motifs is 1. The highest BCUT2D eigenvalue weighted by Crippen LogP contribution is 2.15. The normalized spacial score (nSPS) is 14.5. The van der Waals surface area contributed by atoms with E-state index < -0.39 is 11.7 Å². The van der Waals surface area contributed by atoms with E-state index in [1.807, 2.05) is 0 Å². The van der Waals surface area contributed by atoms with Crippen molar-refractivity contribution in [3.63, 3.8) is 0 Å². The van der Waals surface area contributed by atoms with Gasteiger partial charge in [0.1, 0.15) is 0 Å². The van der Waals surface area contributed by atoms with E-state index in [1.165, 1.54) is 11.7 Å². The quantitative estimate of drug-likeness (QED) is 0.727. The van der Waals surface area contributed by atoms with Gasteiger partial charge in [-0.2, -0.15) is 5.10 Å². The molecule has 1 N–H and O–H groups in total. The van der Waals surface area contributed by atoms with E-state index in [-0.39, 0.29) is 12.2 Å². The summed E-state index contributed by atoms with van der Waals surface area (Å²) >= 11 is 0. The fourth-order valence-corrected chi connectivity index (χ4v) is 1.50. The SMILES string of the molecule is CNC(=O)c1nn2c(c1F)CN=CCC2. The Hall–Kier alpha value is -1.72. The highest BCUT2D eigenvalue weighted by molar-refractivity contribution is 5.92. The number of carbonyl (C=O) groups excluding carboxylic acids is 1. The monoisotopic (exact) mass is 210 g/mol. The second-order valence-corrected chi connectivity index (χ2v) is 3.22. The lowest BCUT2D eigenvalue weighted by Gasteiger charge is -1.98. The van der Waals surface area contributed by atoms with Crippen LogP contribution in [-0.2, 0) is 13.1 Å². The number of hydrogen-bond acceptors (Lipinski definition) is 3. The number of carbonyl (C=O) groups is 1. The third-order valence-corrected chi connectivity index (χ3v) is 2.28. The Morgan fingerprint density at radius 1 is 1.67 bits per heavy atom. The Morgan fingerprint density at radius 2 is 2.47 bits per heavy atom. The van der Waals surface area contributed by atoms with Crippen molar-refractivity contribution in [1.82, 2.24) is 15.1 Å². The van der Waals surface area contributed by atoms with Crippen LogP contribution in [0.2, 0.25) is 0 Å². The van der Waals surface area contributed by atoms with E-state index in [9.17, 15) is 9.18 Å². The first-order valence-electron chi connectivity index (χ1n) is 4.69. The molecule has 0 saturated heterocycles. The maximum absolute atomic E-state index is 13.7. The summed E-state index contributed by atoms with van der Waals surface area (Å²) < 4.78 is 15.2. The van der Waals surface area contributed by atoms with Gasteiger partial charge in [-0.05, 0) is 0 Å². The fraction of sp³-hybridized carbons (Fsp3) is 0.444. The van der Waals surface area contributed by atoms with Gasteiger partial charge in [0.2, 0.25) is 0 Å². The number of aliphatic imine (C=N–C) groups is 1. The van der Waals surface area contributed by atoms with E-state index in [1.54, 1.807) is 6.21 Å². The highest BCUT2D eigenvalue weighted by Gasteiger charge is 2.22. The van der Waals surface area contributed by atoms with Crippen molar-refractivity contribution in [3.8, 4) is 0 Å². The van der Waals surface area contributed by atoms with Crippen LogP contribution in [0.1, 0.15) is 22.6 Å². The fourth-order valence-electron chi connectivity index (χ4n) is 1.50. The molecule has 0 atom stereocenters. The summed E-state index contributed by atoms with van der Waals surface area (Å²) in [6, 6.07) is 0. The van der Waals surface area contributed by atoms with Crippen LogP contribution in [0.4, 0.5) is 4.39 Å². The molecule has 1 amide bonds. The molecule has 0 bridgehead atoms. The summed E-state index contributed by atoms with van der Waals surface area (Å²) in [6.45, 7) is 0.808. The molecule has 0 aliphatic carbocycles. The van der Waals surface area contributed by atoms with E-state index in [4.69, 9.17) is 0 Å². The molecule has 2 heterocycles. The zero-order valence-electron chi connectivity index (χ0n) is 8.33. The maximum atomic E-state index is 13.7. The summed E-state index contributed by atoms with van der Waals surface area (Å²) in [5.74, 6) is -1.06. The molecule has 0 saturated carbocycles. The number of amides is 1. The van der Waals surface area contributed by atoms with Gasteiger partial charge < -0.3 is 5.32 Å². The molecule has 1 aliphatic rings. The first-order valence-corrected chi connectivity index (χ1v) is 4.69. The molecule has 1 aromatic rings. The van der Waals surface area contributed by atoms with Crippen LogP contribution in [-0.4, -0.2) is 28.9 Å². The third kappa shape index (κ3) is 1.62. The topological polar surface area (TPSA) is 59.3 Å². The molecule has 0 spiro atoms. The molecule has 6 heteroatoms. The molecule has 80 valence electrons. The molecule has 0 unspecified atom stereocenters. The number of hydrogen-bond donors (Lipinski definition) is 1. The second-order valence-electron chi connectivity index (χ2n) is 3.22. The van der Waals surface area contributed by atoms with Crippen molar-refractivity contribution in [1.29, 1.82) is 0 Å². The Balaban J connectivity index is 2.44. The average molecular weight is 210 g/mol. The van der Waals surface area contributed by atoms with Gasteiger partial charge >= 0.3 is 0 Å². The summed E-state index contributed by atoms with van der Waals surface area (Å²) in [6.07, 6.45) is 2.45. The zero-order chi connectivity index (χ0) is 10.8. The second kappa shape index (κ2) is 3.80. The first-order chi connectivity index (χ1) is 7.24. The first kappa shape index (κ1) is 9.82. The predicted octanol–water partition coefficient (Wildman–Crippen LogP) is 0.356. The molecule has 5 nitrogen and oxygen atoms in total. The van der Waals surface area contributed by atoms with Gasteiger partial charge in [0.25, 0.3) is 5.91 Å². The number of rotatable bonds is 1. The number of nitrogens with zero attached hydrogens (tertiary/aromatic N) is 3. The van der Waals surface area contributed by atoms with Crippen molar-refractivity contribution in [2.75, 3.05) is 7.05 Å². The van der Waals surface area contributed by atoms with E-state index in [2.05, 4.69) is 15.4 Å². The summed E-state index contributed by atoms with van der Waals surface area (Å²) in [4.78, 5) is 15.3. The van der Waals surface area contributed by atoms with E-state index in [0.29, 0.717) is 18.7 Å². The average Bonchev–Trinajstić information content (AvgIpc) is 2.44. The van der Waals surface area contributed by atoms with Crippen molar-refractivity contribution >= 4 is 12.1 Å². The molecule has 0 radical (unpaired) electrons. The molecular formula is C9H11FN4O. The van der Waals surface area contributed by atoms with Crippen LogP contribution in [0, 0.1) is 5.82 Å². The van der Waals surface area contributed by atoms with E-state index >= 15 is 0 Å². The van der Waals surface area contributed by atoms with Crippen LogP contribution in [0.25, 0.3) is 0 Å². The van der Waals surface area contributed by atoms with Gasteiger partial charge in [-0.3, -0.25) is 14.5 Å². The molecule has 1 aromatic heterocycles. The Kier molecular flexibility index (Phi) is 2.49. The predicted molar refractivity (Wildman–Crippen MR) is 52.4 cm³/mol. The van der Waals surface area contributed by atoms with Crippen LogP contribution in [0.3, 0.4) is 0 Å². The minimum atomic E-state index is -0.562. The minimum Gasteiger partial charge on any atom is -0.354 e. The molecule has 2 rings (SSSR count). The zero-order valence-corrected chi connectivity index (χ0v) is 8.33. The van der Waals surface area contributed by atoms with Gasteiger partial charge in [-0.25, -0.2) is 4.39 Å². The Morgan fingerprint density at radius 3 is 3.20 bits per heavy atom. The van der Waals surface area contributed by atoms with Gasteiger partial charge in [0.15, 0.2) is 11.5 Å². The molecule has 15 heavy (non-hydrogen) atoms. The Labute approximate surface area is 86.0 Å². The number of nitrogens with one attached hydrogen (secondary N) is 1. The lowest BCUT2D eigenvalue weighted by molar-refractivity contribution is 0.0953. The number of halogens is 1. The lowest BCUT2D eigenvalue weighted by atomic mass is 10.3. The molecule has 1 aliphatic heterocycles. The van der Waals surface area contributed by atoms with Crippen molar-refractivity contribution < 1.29 is 9.18 Å². The standard InChI is InChI=1S/C9H11FN4O/c1-11-9(15)8-7(10)6-5-12-3-2-4-14(6)13-8/h3H,2,4-5H2,1H3,(H,11,15). The summed E-state index contributed by atoms with van der Waals surface area (Å²) in [5, 5.41) is 6.28.